The van der Waals surface area contributed by atoms with Crippen LogP contribution in [0.5, 0.6) is 0 Å². The number of rotatable bonds is 4. The molecule has 1 rings (SSSR count). The molecule has 0 aromatic heterocycles. The van der Waals surface area contributed by atoms with Crippen molar-refractivity contribution in [2.24, 2.45) is 0 Å². The molecule has 2 N–H and O–H groups in total. The van der Waals surface area contributed by atoms with Crippen LogP contribution in [0.3, 0.4) is 0 Å². The maximum atomic E-state index is 12.2. The summed E-state index contributed by atoms with van der Waals surface area (Å²) in [6.45, 7) is -0.467. The highest BCUT2D eigenvalue weighted by atomic mass is 19.4. The van der Waals surface area contributed by atoms with Crippen molar-refractivity contribution in [3.8, 4) is 0 Å². The Morgan fingerprint density at radius 2 is 1.05 bits per heavy atom. The van der Waals surface area contributed by atoms with Gasteiger partial charge < -0.3 is 10.2 Å². The molecule has 1 saturated heterocycles. The van der Waals surface area contributed by atoms with E-state index in [2.05, 4.69) is 0 Å². The molecule has 4 nitrogen and oxygen atoms in total. The van der Waals surface area contributed by atoms with Gasteiger partial charge in [0.2, 0.25) is 0 Å². The maximum Gasteiger partial charge on any atom is 0.415 e. The van der Waals surface area contributed by atoms with Crippen LogP contribution in [-0.4, -0.2) is 83.8 Å². The first-order valence-electron chi connectivity index (χ1n) is 6.44. The predicted octanol–water partition coefficient (Wildman–Crippen LogP) is 0.840. The third kappa shape index (κ3) is 6.37. The lowest BCUT2D eigenvalue weighted by Gasteiger charge is -2.26. The Morgan fingerprint density at radius 3 is 1.33 bits per heavy atom. The van der Waals surface area contributed by atoms with Gasteiger partial charge in [-0.2, -0.15) is 26.3 Å². The summed E-state index contributed by atoms with van der Waals surface area (Å²) in [5.41, 5.74) is 0. The van der Waals surface area contributed by atoms with E-state index in [1.54, 1.807) is 0 Å². The second-order valence-electron chi connectivity index (χ2n) is 5.07. The normalized spacial score (nSPS) is 22.9. The van der Waals surface area contributed by atoms with Crippen molar-refractivity contribution in [2.75, 3.05) is 39.3 Å². The Balaban J connectivity index is 2.44. The summed E-state index contributed by atoms with van der Waals surface area (Å²) in [5.74, 6) is 0. The zero-order chi connectivity index (χ0) is 16.3. The first-order chi connectivity index (χ1) is 9.50. The van der Waals surface area contributed by atoms with E-state index < -0.39 is 37.7 Å². The van der Waals surface area contributed by atoms with Crippen molar-refractivity contribution in [3.05, 3.63) is 0 Å². The van der Waals surface area contributed by atoms with Gasteiger partial charge in [0.05, 0.1) is 0 Å². The van der Waals surface area contributed by atoms with E-state index in [1.165, 1.54) is 9.80 Å². The monoisotopic (exact) mass is 324 g/mol. The van der Waals surface area contributed by atoms with Crippen LogP contribution in [0.2, 0.25) is 0 Å². The zero-order valence-corrected chi connectivity index (χ0v) is 11.2. The summed E-state index contributed by atoms with van der Waals surface area (Å²) in [6.07, 6.45) is -14.0. The predicted molar refractivity (Wildman–Crippen MR) is 61.6 cm³/mol. The molecular formula is C11H18F6N2O2. The summed E-state index contributed by atoms with van der Waals surface area (Å²) in [4.78, 5) is 2.72. The fourth-order valence-electron chi connectivity index (χ4n) is 2.09. The summed E-state index contributed by atoms with van der Waals surface area (Å²) in [6, 6.07) is 0. The molecule has 21 heavy (non-hydrogen) atoms. The number of halogens is 6. The van der Waals surface area contributed by atoms with Crippen molar-refractivity contribution >= 4 is 0 Å². The third-order valence-corrected chi connectivity index (χ3v) is 3.30. The number of aliphatic hydroxyl groups is 2. The fourth-order valence-corrected chi connectivity index (χ4v) is 2.09. The van der Waals surface area contributed by atoms with Crippen molar-refractivity contribution in [2.45, 2.75) is 31.0 Å². The number of β-amino-alcohol motifs (C(OH)–C–C–N with tert-alkyl or cyclic N) is 2. The van der Waals surface area contributed by atoms with Gasteiger partial charge in [0.15, 0.2) is 12.2 Å². The van der Waals surface area contributed by atoms with Gasteiger partial charge >= 0.3 is 12.4 Å². The average molecular weight is 324 g/mol. The molecule has 1 fully saturated rings. The van der Waals surface area contributed by atoms with Gasteiger partial charge in [-0.15, -0.1) is 0 Å². The highest BCUT2D eigenvalue weighted by Gasteiger charge is 2.40. The van der Waals surface area contributed by atoms with Gasteiger partial charge in [-0.25, -0.2) is 0 Å². The molecule has 0 amide bonds. The van der Waals surface area contributed by atoms with Crippen molar-refractivity contribution in [1.82, 2.24) is 9.80 Å². The average Bonchev–Trinajstić information content (AvgIpc) is 2.52. The molecule has 10 heteroatoms. The molecule has 1 heterocycles. The minimum atomic E-state index is -4.71. The SMILES string of the molecule is O[C@@H](CN1CCCN(C[C@H](O)C(F)(F)F)CC1)C(F)(F)F. The van der Waals surface area contributed by atoms with E-state index in [9.17, 15) is 26.3 Å². The number of hydrogen-bond acceptors (Lipinski definition) is 4. The lowest BCUT2D eigenvalue weighted by Crippen LogP contribution is -2.44. The first-order valence-corrected chi connectivity index (χ1v) is 6.44. The second-order valence-corrected chi connectivity index (χ2v) is 5.07. The van der Waals surface area contributed by atoms with Crippen LogP contribution >= 0.6 is 0 Å². The molecule has 2 atom stereocenters. The Kier molecular flexibility index (Phi) is 6.26. The molecule has 1 aliphatic heterocycles. The van der Waals surface area contributed by atoms with Crippen molar-refractivity contribution < 1.29 is 36.6 Å². The molecule has 0 spiro atoms. The van der Waals surface area contributed by atoms with E-state index in [1.807, 2.05) is 0 Å². The second kappa shape index (κ2) is 7.12. The van der Waals surface area contributed by atoms with Gasteiger partial charge in [-0.1, -0.05) is 0 Å². The summed E-state index contributed by atoms with van der Waals surface area (Å²) >= 11 is 0. The minimum absolute atomic E-state index is 0.109. The van der Waals surface area contributed by atoms with Gasteiger partial charge in [0.1, 0.15) is 0 Å². The molecular weight excluding hydrogens is 306 g/mol. The molecule has 126 valence electrons. The van der Waals surface area contributed by atoms with Crippen LogP contribution in [0.1, 0.15) is 6.42 Å². The summed E-state index contributed by atoms with van der Waals surface area (Å²) in [7, 11) is 0. The highest BCUT2D eigenvalue weighted by molar-refractivity contribution is 4.78. The smallest absolute Gasteiger partial charge is 0.382 e. The largest absolute Gasteiger partial charge is 0.415 e. The topological polar surface area (TPSA) is 46.9 Å². The van der Waals surface area contributed by atoms with E-state index in [0.717, 1.165) is 0 Å². The van der Waals surface area contributed by atoms with Crippen LogP contribution < -0.4 is 0 Å². The van der Waals surface area contributed by atoms with Crippen LogP contribution in [0, 0.1) is 0 Å². The van der Waals surface area contributed by atoms with Crippen LogP contribution in [-0.2, 0) is 0 Å². The van der Waals surface area contributed by atoms with E-state index in [4.69, 9.17) is 10.2 Å². The molecule has 0 radical (unpaired) electrons. The number of hydrogen-bond donors (Lipinski definition) is 2. The number of alkyl halides is 6. The van der Waals surface area contributed by atoms with Gasteiger partial charge in [-0.3, -0.25) is 9.80 Å². The van der Waals surface area contributed by atoms with Crippen LogP contribution in [0.15, 0.2) is 0 Å². The quantitative estimate of drug-likeness (QED) is 0.753. The lowest BCUT2D eigenvalue weighted by molar-refractivity contribution is -0.209. The van der Waals surface area contributed by atoms with Gasteiger partial charge in [-0.05, 0) is 19.5 Å². The van der Waals surface area contributed by atoms with E-state index in [0.29, 0.717) is 6.42 Å². The van der Waals surface area contributed by atoms with E-state index >= 15 is 0 Å². The fraction of sp³-hybridized carbons (Fsp3) is 1.00. The van der Waals surface area contributed by atoms with Crippen LogP contribution in [0.4, 0.5) is 26.3 Å². The molecule has 1 aliphatic rings. The molecule has 0 unspecified atom stereocenters. The molecule has 0 aliphatic carbocycles. The first kappa shape index (κ1) is 18.5. The molecule has 0 aromatic carbocycles. The van der Waals surface area contributed by atoms with Gasteiger partial charge in [0, 0.05) is 26.2 Å². The maximum absolute atomic E-state index is 12.2. The third-order valence-electron chi connectivity index (χ3n) is 3.30. The number of aliphatic hydroxyl groups excluding tert-OH is 2. The molecule has 0 aromatic rings. The molecule has 0 saturated carbocycles. The molecule has 0 bridgehead atoms. The Bertz CT molecular complexity index is 293. The highest BCUT2D eigenvalue weighted by Crippen LogP contribution is 2.22. The summed E-state index contributed by atoms with van der Waals surface area (Å²) < 4.78 is 73.4. The van der Waals surface area contributed by atoms with E-state index in [-0.39, 0.29) is 26.2 Å². The van der Waals surface area contributed by atoms with Gasteiger partial charge in [0.25, 0.3) is 0 Å². The lowest BCUT2D eigenvalue weighted by atomic mass is 10.3. The standard InChI is InChI=1S/C11H18F6N2O2/c12-10(13,14)8(20)6-18-2-1-3-19(5-4-18)7-9(21)11(15,16)17/h8-9,20-21H,1-7H2/t8-,9-/m0/s1. The van der Waals surface area contributed by atoms with Crippen molar-refractivity contribution in [1.29, 1.82) is 0 Å². The van der Waals surface area contributed by atoms with Crippen LogP contribution in [0.25, 0.3) is 0 Å². The Morgan fingerprint density at radius 1 is 0.714 bits per heavy atom. The zero-order valence-electron chi connectivity index (χ0n) is 11.2. The van der Waals surface area contributed by atoms with Crippen molar-refractivity contribution in [3.63, 3.8) is 0 Å². The Labute approximate surface area is 117 Å². The summed E-state index contributed by atoms with van der Waals surface area (Å²) in [5, 5.41) is 18.0. The Hall–Kier alpha value is -0.580. The minimum Gasteiger partial charge on any atom is -0.382 e. The number of nitrogens with zero attached hydrogens (tertiary/aromatic N) is 2.